The number of nitro benzene ring substituents is 1. The third-order valence-corrected chi connectivity index (χ3v) is 2.71. The van der Waals surface area contributed by atoms with E-state index in [1.165, 1.54) is 25.2 Å². The molecule has 0 aliphatic heterocycles. The van der Waals surface area contributed by atoms with Crippen LogP contribution in [0.25, 0.3) is 0 Å². The van der Waals surface area contributed by atoms with Crippen molar-refractivity contribution in [2.24, 2.45) is 0 Å². The number of nitrogens with one attached hydrogen (secondary N) is 2. The molecular formula is C13H16N4O3. The Kier molecular flexibility index (Phi) is 5.97. The first-order valence-corrected chi connectivity index (χ1v) is 6.21. The molecule has 2 N–H and O–H groups in total. The summed E-state index contributed by atoms with van der Waals surface area (Å²) >= 11 is 0. The molecule has 0 spiro atoms. The smallest absolute Gasteiger partial charge is 0.293 e. The zero-order valence-electron chi connectivity index (χ0n) is 11.2. The highest BCUT2D eigenvalue weighted by atomic mass is 16.6. The van der Waals surface area contributed by atoms with Gasteiger partial charge in [-0.25, -0.2) is 0 Å². The summed E-state index contributed by atoms with van der Waals surface area (Å²) in [6, 6.07) is 6.34. The molecule has 0 radical (unpaired) electrons. The maximum atomic E-state index is 11.4. The van der Waals surface area contributed by atoms with Gasteiger partial charge in [0.1, 0.15) is 5.69 Å². The standard InChI is InChI=1S/C13H16N4O3/c1-15-13(18)10-5-6-11(12(9-10)17(19)20)16-8-4-2-3-7-14/h5-6,9,16H,2-4,8H2,1H3,(H,15,18). The summed E-state index contributed by atoms with van der Waals surface area (Å²) < 4.78 is 0. The molecule has 1 rings (SSSR count). The molecule has 1 amide bonds. The van der Waals surface area contributed by atoms with Crippen molar-refractivity contribution in [1.82, 2.24) is 5.32 Å². The maximum absolute atomic E-state index is 11.4. The molecule has 106 valence electrons. The largest absolute Gasteiger partial charge is 0.379 e. The van der Waals surface area contributed by atoms with Crippen LogP contribution >= 0.6 is 0 Å². The van der Waals surface area contributed by atoms with E-state index >= 15 is 0 Å². The first kappa shape index (κ1) is 15.4. The van der Waals surface area contributed by atoms with E-state index in [0.29, 0.717) is 18.7 Å². The number of hydrogen-bond donors (Lipinski definition) is 2. The Morgan fingerprint density at radius 2 is 2.20 bits per heavy atom. The molecule has 7 nitrogen and oxygen atoms in total. The number of carbonyl (C=O) groups excluding carboxylic acids is 1. The Labute approximate surface area is 116 Å². The molecule has 20 heavy (non-hydrogen) atoms. The van der Waals surface area contributed by atoms with Crippen molar-refractivity contribution >= 4 is 17.3 Å². The first-order valence-electron chi connectivity index (χ1n) is 6.21. The summed E-state index contributed by atoms with van der Waals surface area (Å²) in [5.41, 5.74) is 0.486. The van der Waals surface area contributed by atoms with Crippen molar-refractivity contribution in [2.75, 3.05) is 18.9 Å². The number of nitriles is 1. The summed E-state index contributed by atoms with van der Waals surface area (Å²) in [7, 11) is 1.47. The van der Waals surface area contributed by atoms with E-state index in [4.69, 9.17) is 5.26 Å². The first-order chi connectivity index (χ1) is 9.60. The van der Waals surface area contributed by atoms with Gasteiger partial charge in [0.2, 0.25) is 0 Å². The predicted octanol–water partition coefficient (Wildman–Crippen LogP) is 2.06. The van der Waals surface area contributed by atoms with Gasteiger partial charge >= 0.3 is 0 Å². The third kappa shape index (κ3) is 4.24. The minimum Gasteiger partial charge on any atom is -0.379 e. The molecule has 0 saturated carbocycles. The van der Waals surface area contributed by atoms with Crippen molar-refractivity contribution in [3.8, 4) is 6.07 Å². The van der Waals surface area contributed by atoms with Crippen LogP contribution in [0.5, 0.6) is 0 Å². The minimum atomic E-state index is -0.524. The van der Waals surface area contributed by atoms with E-state index in [2.05, 4.69) is 10.6 Å². The summed E-state index contributed by atoms with van der Waals surface area (Å²) in [5, 5.41) is 24.8. The van der Waals surface area contributed by atoms with Crippen LogP contribution in [0.15, 0.2) is 18.2 Å². The Morgan fingerprint density at radius 1 is 1.45 bits per heavy atom. The number of hydrogen-bond acceptors (Lipinski definition) is 5. The highest BCUT2D eigenvalue weighted by molar-refractivity contribution is 5.95. The molecule has 0 heterocycles. The Balaban J connectivity index is 2.78. The second-order valence-corrected chi connectivity index (χ2v) is 4.11. The minimum absolute atomic E-state index is 0.133. The van der Waals surface area contributed by atoms with Gasteiger partial charge in [-0.15, -0.1) is 0 Å². The Morgan fingerprint density at radius 3 is 2.80 bits per heavy atom. The summed E-state index contributed by atoms with van der Waals surface area (Å²) in [5.74, 6) is -0.367. The van der Waals surface area contributed by atoms with Crippen LogP contribution in [0.4, 0.5) is 11.4 Å². The third-order valence-electron chi connectivity index (χ3n) is 2.71. The molecule has 0 fully saturated rings. The molecule has 1 aromatic carbocycles. The normalized spacial score (nSPS) is 9.60. The summed E-state index contributed by atoms with van der Waals surface area (Å²) in [6.07, 6.45) is 1.97. The number of carbonyl (C=O) groups is 1. The number of amides is 1. The van der Waals surface area contributed by atoms with Gasteiger partial charge in [0, 0.05) is 31.6 Å². The maximum Gasteiger partial charge on any atom is 0.293 e. The average molecular weight is 276 g/mol. The number of unbranched alkanes of at least 4 members (excludes halogenated alkanes) is 2. The van der Waals surface area contributed by atoms with Crippen LogP contribution < -0.4 is 10.6 Å². The van der Waals surface area contributed by atoms with Gasteiger partial charge < -0.3 is 10.6 Å². The molecule has 0 aliphatic rings. The Bertz CT molecular complexity index is 537. The lowest BCUT2D eigenvalue weighted by Crippen LogP contribution is -2.18. The van der Waals surface area contributed by atoms with Crippen molar-refractivity contribution in [2.45, 2.75) is 19.3 Å². The van der Waals surface area contributed by atoms with Gasteiger partial charge in [0.25, 0.3) is 11.6 Å². The monoisotopic (exact) mass is 276 g/mol. The van der Waals surface area contributed by atoms with Gasteiger partial charge in [-0.1, -0.05) is 0 Å². The van der Waals surface area contributed by atoms with E-state index < -0.39 is 4.92 Å². The summed E-state index contributed by atoms with van der Waals surface area (Å²) in [4.78, 5) is 21.9. The van der Waals surface area contributed by atoms with Crippen molar-refractivity contribution < 1.29 is 9.72 Å². The molecule has 0 atom stereocenters. The highest BCUT2D eigenvalue weighted by Gasteiger charge is 2.16. The molecule has 0 unspecified atom stereocenters. The number of nitro groups is 1. The topological polar surface area (TPSA) is 108 Å². The average Bonchev–Trinajstić information content (AvgIpc) is 2.46. The van der Waals surface area contributed by atoms with Gasteiger partial charge in [-0.2, -0.15) is 5.26 Å². The zero-order chi connectivity index (χ0) is 15.0. The molecule has 0 aromatic heterocycles. The van der Waals surface area contributed by atoms with E-state index in [0.717, 1.165) is 12.8 Å². The molecule has 7 heteroatoms. The molecule has 0 aliphatic carbocycles. The SMILES string of the molecule is CNC(=O)c1ccc(NCCCCC#N)c([N+](=O)[O-])c1. The fourth-order valence-electron chi connectivity index (χ4n) is 1.67. The highest BCUT2D eigenvalue weighted by Crippen LogP contribution is 2.25. The van der Waals surface area contributed by atoms with Crippen LogP contribution in [0.2, 0.25) is 0 Å². The fourth-order valence-corrected chi connectivity index (χ4v) is 1.67. The van der Waals surface area contributed by atoms with Gasteiger partial charge in [0.05, 0.1) is 11.0 Å². The van der Waals surface area contributed by atoms with E-state index in [1.54, 1.807) is 0 Å². The molecular weight excluding hydrogens is 260 g/mol. The van der Waals surface area contributed by atoms with Crippen LogP contribution in [-0.4, -0.2) is 24.4 Å². The fraction of sp³-hybridized carbons (Fsp3) is 0.385. The van der Waals surface area contributed by atoms with E-state index in [1.807, 2.05) is 6.07 Å². The number of benzene rings is 1. The molecule has 0 bridgehead atoms. The quantitative estimate of drug-likeness (QED) is 0.450. The second-order valence-electron chi connectivity index (χ2n) is 4.11. The van der Waals surface area contributed by atoms with Crippen LogP contribution in [0, 0.1) is 21.4 Å². The van der Waals surface area contributed by atoms with Gasteiger partial charge in [-0.05, 0) is 25.0 Å². The Hall–Kier alpha value is -2.62. The van der Waals surface area contributed by atoms with Gasteiger partial charge in [0.15, 0.2) is 0 Å². The van der Waals surface area contributed by atoms with Gasteiger partial charge in [-0.3, -0.25) is 14.9 Å². The number of rotatable bonds is 7. The van der Waals surface area contributed by atoms with Crippen LogP contribution in [0.3, 0.4) is 0 Å². The lowest BCUT2D eigenvalue weighted by Gasteiger charge is -2.08. The number of nitrogens with zero attached hydrogens (tertiary/aromatic N) is 2. The number of anilines is 1. The van der Waals surface area contributed by atoms with E-state index in [9.17, 15) is 14.9 Å². The van der Waals surface area contributed by atoms with Crippen molar-refractivity contribution in [1.29, 1.82) is 5.26 Å². The second kappa shape index (κ2) is 7.74. The molecule has 0 saturated heterocycles. The van der Waals surface area contributed by atoms with Crippen molar-refractivity contribution in [3.05, 3.63) is 33.9 Å². The lowest BCUT2D eigenvalue weighted by molar-refractivity contribution is -0.384. The zero-order valence-corrected chi connectivity index (χ0v) is 11.2. The molecule has 1 aromatic rings. The van der Waals surface area contributed by atoms with Crippen LogP contribution in [-0.2, 0) is 0 Å². The van der Waals surface area contributed by atoms with Crippen LogP contribution in [0.1, 0.15) is 29.6 Å². The van der Waals surface area contributed by atoms with Crippen molar-refractivity contribution in [3.63, 3.8) is 0 Å². The predicted molar refractivity (Wildman–Crippen MR) is 74.4 cm³/mol. The van der Waals surface area contributed by atoms with E-state index in [-0.39, 0.29) is 17.2 Å². The lowest BCUT2D eigenvalue weighted by atomic mass is 10.1. The summed E-state index contributed by atoms with van der Waals surface area (Å²) in [6.45, 7) is 0.543.